The molecule has 0 saturated carbocycles. The second-order valence-corrected chi connectivity index (χ2v) is 5.77. The lowest BCUT2D eigenvalue weighted by Gasteiger charge is -2.17. The maximum Gasteiger partial charge on any atom is 0.231 e. The summed E-state index contributed by atoms with van der Waals surface area (Å²) in [5.74, 6) is 1.81. The Morgan fingerprint density at radius 1 is 1.29 bits per heavy atom. The van der Waals surface area contributed by atoms with Gasteiger partial charge in [0, 0.05) is 25.6 Å². The molecule has 0 aromatic heterocycles. The fourth-order valence-electron chi connectivity index (χ4n) is 3.28. The van der Waals surface area contributed by atoms with E-state index in [0.717, 1.165) is 11.3 Å². The summed E-state index contributed by atoms with van der Waals surface area (Å²) in [5.41, 5.74) is 0.908. The van der Waals surface area contributed by atoms with Gasteiger partial charge in [0.05, 0.1) is 12.3 Å². The van der Waals surface area contributed by atoms with E-state index in [0.29, 0.717) is 31.8 Å². The zero-order valence-corrected chi connectivity index (χ0v) is 11.5. The van der Waals surface area contributed by atoms with Gasteiger partial charge in [0.2, 0.25) is 18.6 Å². The lowest BCUT2D eigenvalue weighted by molar-refractivity contribution is -0.130. The minimum absolute atomic E-state index is 0.0225. The average Bonchev–Trinajstić information content (AvgIpc) is 3.16. The molecular weight excluding hydrogens is 272 g/mol. The second-order valence-electron chi connectivity index (χ2n) is 5.77. The predicted octanol–water partition coefficient (Wildman–Crippen LogP) is 0.162. The smallest absolute Gasteiger partial charge is 0.231 e. The van der Waals surface area contributed by atoms with E-state index in [2.05, 4.69) is 5.32 Å². The average molecular weight is 288 g/mol. The van der Waals surface area contributed by atoms with Crippen molar-refractivity contribution in [2.24, 2.45) is 11.8 Å². The van der Waals surface area contributed by atoms with E-state index in [4.69, 9.17) is 9.47 Å². The summed E-state index contributed by atoms with van der Waals surface area (Å²) in [6.07, 6.45) is 0.331. The number of fused-ring (bicyclic) bond motifs is 2. The molecule has 21 heavy (non-hydrogen) atoms. The van der Waals surface area contributed by atoms with Crippen LogP contribution in [0.3, 0.4) is 0 Å². The highest BCUT2D eigenvalue weighted by molar-refractivity contribution is 5.85. The molecule has 4 rings (SSSR count). The third-order valence-corrected chi connectivity index (χ3v) is 4.46. The van der Waals surface area contributed by atoms with Crippen molar-refractivity contribution < 1.29 is 19.1 Å². The quantitative estimate of drug-likeness (QED) is 0.842. The number of likely N-dealkylation sites (tertiary alicyclic amines) is 1. The van der Waals surface area contributed by atoms with Crippen molar-refractivity contribution in [2.45, 2.75) is 6.42 Å². The SMILES string of the molecule is O=C1NC[C@H]2CN(C(=O)Cc3ccc4c(c3)OCO4)C[C@@H]12. The zero-order chi connectivity index (χ0) is 14.4. The van der Waals surface area contributed by atoms with Gasteiger partial charge >= 0.3 is 0 Å². The first-order chi connectivity index (χ1) is 10.2. The number of amides is 2. The first kappa shape index (κ1) is 12.5. The lowest BCUT2D eigenvalue weighted by Crippen LogP contribution is -2.34. The highest BCUT2D eigenvalue weighted by Gasteiger charge is 2.43. The second kappa shape index (κ2) is 4.65. The largest absolute Gasteiger partial charge is 0.454 e. The molecule has 1 aromatic carbocycles. The number of nitrogens with one attached hydrogen (secondary N) is 1. The van der Waals surface area contributed by atoms with Crippen molar-refractivity contribution in [2.75, 3.05) is 26.4 Å². The third-order valence-electron chi connectivity index (χ3n) is 4.46. The van der Waals surface area contributed by atoms with Crippen LogP contribution in [0.25, 0.3) is 0 Å². The summed E-state index contributed by atoms with van der Waals surface area (Å²) in [6, 6.07) is 5.57. The molecule has 2 saturated heterocycles. The number of carbonyl (C=O) groups is 2. The van der Waals surface area contributed by atoms with E-state index < -0.39 is 0 Å². The van der Waals surface area contributed by atoms with Gasteiger partial charge in [-0.05, 0) is 17.7 Å². The van der Waals surface area contributed by atoms with Gasteiger partial charge in [-0.1, -0.05) is 6.07 Å². The van der Waals surface area contributed by atoms with Gasteiger partial charge < -0.3 is 19.7 Å². The number of benzene rings is 1. The molecule has 2 amide bonds. The van der Waals surface area contributed by atoms with Gasteiger partial charge in [0.15, 0.2) is 11.5 Å². The summed E-state index contributed by atoms with van der Waals surface area (Å²) < 4.78 is 10.6. The van der Waals surface area contributed by atoms with Gasteiger partial charge in [-0.15, -0.1) is 0 Å². The molecule has 1 N–H and O–H groups in total. The van der Waals surface area contributed by atoms with Crippen molar-refractivity contribution in [3.05, 3.63) is 23.8 Å². The Morgan fingerprint density at radius 2 is 2.14 bits per heavy atom. The summed E-state index contributed by atoms with van der Waals surface area (Å²) in [5, 5.41) is 2.85. The maximum absolute atomic E-state index is 12.4. The summed E-state index contributed by atoms with van der Waals surface area (Å²) >= 11 is 0. The molecule has 0 radical (unpaired) electrons. The molecule has 6 nitrogen and oxygen atoms in total. The van der Waals surface area contributed by atoms with Gasteiger partial charge in [-0.2, -0.15) is 0 Å². The minimum atomic E-state index is -0.0225. The van der Waals surface area contributed by atoms with Crippen molar-refractivity contribution >= 4 is 11.8 Å². The van der Waals surface area contributed by atoms with Crippen LogP contribution >= 0.6 is 0 Å². The molecule has 0 spiro atoms. The minimum Gasteiger partial charge on any atom is -0.454 e. The van der Waals surface area contributed by atoms with Gasteiger partial charge in [-0.25, -0.2) is 0 Å². The fourth-order valence-corrected chi connectivity index (χ4v) is 3.28. The maximum atomic E-state index is 12.4. The number of ether oxygens (including phenoxy) is 2. The summed E-state index contributed by atoms with van der Waals surface area (Å²) in [6.45, 7) is 2.14. The van der Waals surface area contributed by atoms with Crippen LogP contribution in [0.15, 0.2) is 18.2 Å². The Hall–Kier alpha value is -2.24. The van der Waals surface area contributed by atoms with E-state index in [-0.39, 0.29) is 30.4 Å². The molecule has 0 bridgehead atoms. The Balaban J connectivity index is 1.43. The molecule has 2 atom stereocenters. The molecule has 6 heteroatoms. The highest BCUT2D eigenvalue weighted by atomic mass is 16.7. The van der Waals surface area contributed by atoms with Gasteiger partial charge in [0.1, 0.15) is 0 Å². The Bertz CT molecular complexity index is 616. The molecule has 3 aliphatic rings. The Morgan fingerprint density at radius 3 is 3.00 bits per heavy atom. The van der Waals surface area contributed by atoms with Crippen LogP contribution in [0.4, 0.5) is 0 Å². The van der Waals surface area contributed by atoms with Crippen LogP contribution in [0.2, 0.25) is 0 Å². The van der Waals surface area contributed by atoms with E-state index in [1.165, 1.54) is 0 Å². The van der Waals surface area contributed by atoms with Crippen LogP contribution in [-0.2, 0) is 16.0 Å². The van der Waals surface area contributed by atoms with Crippen LogP contribution in [-0.4, -0.2) is 43.1 Å². The number of rotatable bonds is 2. The topological polar surface area (TPSA) is 67.9 Å². The van der Waals surface area contributed by atoms with Crippen molar-refractivity contribution in [1.29, 1.82) is 0 Å². The van der Waals surface area contributed by atoms with E-state index in [1.807, 2.05) is 18.2 Å². The van der Waals surface area contributed by atoms with E-state index in [9.17, 15) is 9.59 Å². The molecular formula is C15H16N2O4. The molecule has 0 unspecified atom stereocenters. The molecule has 2 fully saturated rings. The summed E-state index contributed by atoms with van der Waals surface area (Å²) in [4.78, 5) is 25.8. The molecule has 3 heterocycles. The number of carbonyl (C=O) groups excluding carboxylic acids is 2. The van der Waals surface area contributed by atoms with Crippen molar-refractivity contribution in [3.63, 3.8) is 0 Å². The lowest BCUT2D eigenvalue weighted by atomic mass is 10.0. The van der Waals surface area contributed by atoms with Crippen LogP contribution in [0.1, 0.15) is 5.56 Å². The first-order valence-corrected chi connectivity index (χ1v) is 7.15. The first-order valence-electron chi connectivity index (χ1n) is 7.15. The summed E-state index contributed by atoms with van der Waals surface area (Å²) in [7, 11) is 0. The number of nitrogens with zero attached hydrogens (tertiary/aromatic N) is 1. The van der Waals surface area contributed by atoms with E-state index in [1.54, 1.807) is 4.90 Å². The van der Waals surface area contributed by atoms with Crippen LogP contribution in [0, 0.1) is 11.8 Å². The standard InChI is InChI=1S/C15H16N2O4/c18-14(17-6-10-5-16-15(19)11(10)7-17)4-9-1-2-12-13(3-9)21-8-20-12/h1-3,10-11H,4-8H2,(H,16,19)/t10-,11+/m0/s1. The van der Waals surface area contributed by atoms with Gasteiger partial charge in [-0.3, -0.25) is 9.59 Å². The number of hydrogen-bond acceptors (Lipinski definition) is 4. The Labute approximate surface area is 122 Å². The molecule has 3 aliphatic heterocycles. The Kier molecular flexibility index (Phi) is 2.77. The third kappa shape index (κ3) is 2.11. The van der Waals surface area contributed by atoms with Gasteiger partial charge in [0.25, 0.3) is 0 Å². The van der Waals surface area contributed by atoms with Crippen molar-refractivity contribution in [3.8, 4) is 11.5 Å². The van der Waals surface area contributed by atoms with Crippen LogP contribution in [0.5, 0.6) is 11.5 Å². The molecule has 110 valence electrons. The fraction of sp³-hybridized carbons (Fsp3) is 0.467. The number of hydrogen-bond donors (Lipinski definition) is 1. The molecule has 0 aliphatic carbocycles. The zero-order valence-electron chi connectivity index (χ0n) is 11.5. The predicted molar refractivity (Wildman–Crippen MR) is 72.8 cm³/mol. The normalized spacial score (nSPS) is 25.9. The van der Waals surface area contributed by atoms with E-state index >= 15 is 0 Å². The monoisotopic (exact) mass is 288 g/mol. The van der Waals surface area contributed by atoms with Crippen LogP contribution < -0.4 is 14.8 Å². The van der Waals surface area contributed by atoms with Crippen molar-refractivity contribution in [1.82, 2.24) is 10.2 Å². The highest BCUT2D eigenvalue weighted by Crippen LogP contribution is 2.33. The molecule has 1 aromatic rings.